The molecule has 1 amide bonds. The van der Waals surface area contributed by atoms with Gasteiger partial charge < -0.3 is 5.32 Å². The first-order chi connectivity index (χ1) is 10.3. The Morgan fingerprint density at radius 3 is 2.32 bits per heavy atom. The summed E-state index contributed by atoms with van der Waals surface area (Å²) in [6, 6.07) is 12.1. The molecule has 22 heavy (non-hydrogen) atoms. The molecule has 0 radical (unpaired) electrons. The van der Waals surface area contributed by atoms with Gasteiger partial charge in [0.1, 0.15) is 5.82 Å². The van der Waals surface area contributed by atoms with Crippen molar-refractivity contribution in [3.63, 3.8) is 0 Å². The molecule has 0 heterocycles. The normalized spacial score (nSPS) is 11.0. The Balaban J connectivity index is 2.21. The third kappa shape index (κ3) is 3.59. The highest BCUT2D eigenvalue weighted by Crippen LogP contribution is 2.21. The molecule has 0 atom stereocenters. The van der Waals surface area contributed by atoms with Gasteiger partial charge in [0.2, 0.25) is 0 Å². The van der Waals surface area contributed by atoms with Gasteiger partial charge in [-0.25, -0.2) is 12.8 Å². The van der Waals surface area contributed by atoms with Crippen LogP contribution < -0.4 is 5.32 Å². The average Bonchev–Trinajstić information content (AvgIpc) is 2.48. The lowest BCUT2D eigenvalue weighted by atomic mass is 10.1. The van der Waals surface area contributed by atoms with E-state index in [1.165, 1.54) is 12.1 Å². The lowest BCUT2D eigenvalue weighted by Gasteiger charge is -2.09. The van der Waals surface area contributed by atoms with Gasteiger partial charge in [-0.05, 0) is 23.8 Å². The summed E-state index contributed by atoms with van der Waals surface area (Å²) >= 11 is 0. The van der Waals surface area contributed by atoms with Crippen LogP contribution in [0.5, 0.6) is 0 Å². The summed E-state index contributed by atoms with van der Waals surface area (Å²) in [4.78, 5) is 11.9. The average molecular weight is 319 g/mol. The lowest BCUT2D eigenvalue weighted by molar-refractivity contribution is -0.111. The predicted octanol–water partition coefficient (Wildman–Crippen LogP) is 2.88. The molecule has 2 aromatic rings. The van der Waals surface area contributed by atoms with Crippen molar-refractivity contribution < 1.29 is 17.6 Å². The second-order valence-corrected chi connectivity index (χ2v) is 6.73. The smallest absolute Gasteiger partial charge is 0.255 e. The first kappa shape index (κ1) is 15.9. The lowest BCUT2D eigenvalue weighted by Crippen LogP contribution is -2.14. The van der Waals surface area contributed by atoms with E-state index in [2.05, 4.69) is 11.9 Å². The van der Waals surface area contributed by atoms with Crippen LogP contribution in [0.25, 0.3) is 5.57 Å². The highest BCUT2D eigenvalue weighted by Gasteiger charge is 2.14. The van der Waals surface area contributed by atoms with Gasteiger partial charge in [-0.1, -0.05) is 36.9 Å². The Morgan fingerprint density at radius 2 is 1.77 bits per heavy atom. The number of carbonyl (C=O) groups excluding carboxylic acids is 1. The fourth-order valence-electron chi connectivity index (χ4n) is 1.80. The SMILES string of the molecule is C=C(C(=O)Nc1ccc(S(C)(=O)=O)cc1F)c1ccccc1. The predicted molar refractivity (Wildman–Crippen MR) is 83.6 cm³/mol. The summed E-state index contributed by atoms with van der Waals surface area (Å²) in [5, 5.41) is 2.38. The van der Waals surface area contributed by atoms with Crippen LogP contribution in [0.1, 0.15) is 5.56 Å². The maximum atomic E-state index is 13.9. The monoisotopic (exact) mass is 319 g/mol. The number of benzene rings is 2. The number of rotatable bonds is 4. The Morgan fingerprint density at radius 1 is 1.14 bits per heavy atom. The molecule has 114 valence electrons. The molecule has 0 aromatic heterocycles. The maximum Gasteiger partial charge on any atom is 0.255 e. The molecular formula is C16H14FNO3S. The van der Waals surface area contributed by atoms with E-state index in [9.17, 15) is 17.6 Å². The quantitative estimate of drug-likeness (QED) is 0.881. The van der Waals surface area contributed by atoms with Gasteiger partial charge >= 0.3 is 0 Å². The molecule has 0 aliphatic heterocycles. The molecule has 6 heteroatoms. The number of amides is 1. The van der Waals surface area contributed by atoms with Gasteiger partial charge in [0, 0.05) is 11.8 Å². The zero-order valence-electron chi connectivity index (χ0n) is 11.8. The highest BCUT2D eigenvalue weighted by atomic mass is 32.2. The van der Waals surface area contributed by atoms with E-state index in [-0.39, 0.29) is 16.2 Å². The van der Waals surface area contributed by atoms with E-state index < -0.39 is 21.6 Å². The van der Waals surface area contributed by atoms with Crippen LogP contribution in [-0.4, -0.2) is 20.6 Å². The number of hydrogen-bond acceptors (Lipinski definition) is 3. The van der Waals surface area contributed by atoms with Crippen LogP contribution in [0.15, 0.2) is 60.0 Å². The topological polar surface area (TPSA) is 63.2 Å². The van der Waals surface area contributed by atoms with Gasteiger partial charge in [0.25, 0.3) is 5.91 Å². The Hall–Kier alpha value is -2.47. The van der Waals surface area contributed by atoms with Crippen molar-refractivity contribution in [3.8, 4) is 0 Å². The second-order valence-electron chi connectivity index (χ2n) is 4.71. The summed E-state index contributed by atoms with van der Waals surface area (Å²) < 4.78 is 36.6. The van der Waals surface area contributed by atoms with Crippen molar-refractivity contribution in [2.45, 2.75) is 4.90 Å². The second kappa shape index (κ2) is 6.11. The number of anilines is 1. The first-order valence-electron chi connectivity index (χ1n) is 6.34. The van der Waals surface area contributed by atoms with E-state index in [0.29, 0.717) is 5.56 Å². The van der Waals surface area contributed by atoms with Gasteiger partial charge in [-0.2, -0.15) is 0 Å². The van der Waals surface area contributed by atoms with Gasteiger partial charge in [-0.3, -0.25) is 4.79 Å². The molecule has 4 nitrogen and oxygen atoms in total. The molecule has 0 saturated carbocycles. The number of hydrogen-bond donors (Lipinski definition) is 1. The first-order valence-corrected chi connectivity index (χ1v) is 8.23. The largest absolute Gasteiger partial charge is 0.319 e. The Labute approximate surface area is 128 Å². The van der Waals surface area contributed by atoms with Crippen LogP contribution in [0.3, 0.4) is 0 Å². The molecule has 0 bridgehead atoms. The van der Waals surface area contributed by atoms with Crippen LogP contribution in [0.4, 0.5) is 10.1 Å². The minimum Gasteiger partial charge on any atom is -0.319 e. The molecule has 0 fully saturated rings. The van der Waals surface area contributed by atoms with Crippen molar-refractivity contribution in [1.29, 1.82) is 0 Å². The summed E-state index contributed by atoms with van der Waals surface area (Å²) in [7, 11) is -3.50. The molecule has 2 aromatic carbocycles. The zero-order chi connectivity index (χ0) is 16.3. The van der Waals surface area contributed by atoms with Crippen molar-refractivity contribution in [2.24, 2.45) is 0 Å². The number of sulfone groups is 1. The van der Waals surface area contributed by atoms with E-state index in [0.717, 1.165) is 12.3 Å². The van der Waals surface area contributed by atoms with E-state index in [4.69, 9.17) is 0 Å². The van der Waals surface area contributed by atoms with Crippen molar-refractivity contribution >= 4 is 27.0 Å². The number of carbonyl (C=O) groups is 1. The molecule has 2 rings (SSSR count). The van der Waals surface area contributed by atoms with Crippen molar-refractivity contribution in [2.75, 3.05) is 11.6 Å². The summed E-state index contributed by atoms with van der Waals surface area (Å²) in [5.74, 6) is -1.38. The number of nitrogens with one attached hydrogen (secondary N) is 1. The van der Waals surface area contributed by atoms with Gasteiger partial charge in [0.15, 0.2) is 9.84 Å². The molecule has 0 aliphatic rings. The molecule has 1 N–H and O–H groups in total. The van der Waals surface area contributed by atoms with Crippen LogP contribution in [0, 0.1) is 5.82 Å². The van der Waals surface area contributed by atoms with Crippen molar-refractivity contribution in [1.82, 2.24) is 0 Å². The van der Waals surface area contributed by atoms with E-state index in [1.807, 2.05) is 0 Å². The summed E-state index contributed by atoms with van der Waals surface area (Å²) in [5.41, 5.74) is 0.704. The number of halogens is 1. The fraction of sp³-hybridized carbons (Fsp3) is 0.0625. The van der Waals surface area contributed by atoms with Crippen LogP contribution in [-0.2, 0) is 14.6 Å². The van der Waals surface area contributed by atoms with Crippen LogP contribution in [0.2, 0.25) is 0 Å². The van der Waals surface area contributed by atoms with E-state index >= 15 is 0 Å². The third-order valence-electron chi connectivity index (χ3n) is 3.01. The Kier molecular flexibility index (Phi) is 4.42. The fourth-order valence-corrected chi connectivity index (χ4v) is 2.43. The molecule has 0 saturated heterocycles. The van der Waals surface area contributed by atoms with Gasteiger partial charge in [-0.15, -0.1) is 0 Å². The molecular weight excluding hydrogens is 305 g/mol. The van der Waals surface area contributed by atoms with E-state index in [1.54, 1.807) is 30.3 Å². The Bertz CT molecular complexity index is 830. The van der Waals surface area contributed by atoms with Gasteiger partial charge in [0.05, 0.1) is 10.6 Å². The summed E-state index contributed by atoms with van der Waals surface area (Å²) in [6.45, 7) is 3.68. The standard InChI is InChI=1S/C16H14FNO3S/c1-11(12-6-4-3-5-7-12)16(19)18-15-9-8-13(10-14(15)17)22(2,20)21/h3-10H,1H2,2H3,(H,18,19). The minimum atomic E-state index is -3.50. The molecule has 0 spiro atoms. The molecule has 0 aliphatic carbocycles. The molecule has 0 unspecified atom stereocenters. The summed E-state index contributed by atoms with van der Waals surface area (Å²) in [6.07, 6.45) is 0.983. The third-order valence-corrected chi connectivity index (χ3v) is 4.12. The zero-order valence-corrected chi connectivity index (χ0v) is 12.7. The maximum absolute atomic E-state index is 13.9. The minimum absolute atomic E-state index is 0.102. The van der Waals surface area contributed by atoms with Crippen molar-refractivity contribution in [3.05, 3.63) is 66.5 Å². The highest BCUT2D eigenvalue weighted by molar-refractivity contribution is 7.90. The van der Waals surface area contributed by atoms with Crippen LogP contribution >= 0.6 is 0 Å².